The lowest BCUT2D eigenvalue weighted by molar-refractivity contribution is 0.435. The zero-order valence-electron chi connectivity index (χ0n) is 13.2. The summed E-state index contributed by atoms with van der Waals surface area (Å²) in [6.45, 7) is 2.59. The van der Waals surface area contributed by atoms with Gasteiger partial charge in [-0.1, -0.05) is 6.07 Å². The number of thiophene rings is 1. The molecule has 1 saturated heterocycles. The van der Waals surface area contributed by atoms with Crippen molar-refractivity contribution in [2.75, 3.05) is 46.0 Å². The summed E-state index contributed by atoms with van der Waals surface area (Å²) in [5.41, 5.74) is 0. The number of aliphatic imine (C=N–C) groups is 1. The molecule has 0 spiro atoms. The Morgan fingerprint density at radius 1 is 1.55 bits per heavy atom. The lowest BCUT2D eigenvalue weighted by Crippen LogP contribution is -2.43. The molecule has 2 heterocycles. The molecule has 0 amide bonds. The fraction of sp³-hybridized carbons (Fsp3) is 0.643. The first-order valence-corrected chi connectivity index (χ1v) is 9.94. The smallest absolute Gasteiger partial charge is 0.214 e. The highest BCUT2D eigenvalue weighted by atomic mass is 32.2. The van der Waals surface area contributed by atoms with E-state index in [-0.39, 0.29) is 5.75 Å². The standard InChI is InChI=1S/C14H24N4O2S2/c1-15-14(17(2)9-6-13-5-3-11-21-13)16-7-10-18-8-4-12-22(18,19)20/h3,5,11H,4,6-10,12H2,1-2H3,(H,15,16). The summed E-state index contributed by atoms with van der Waals surface area (Å²) in [7, 11) is 0.732. The molecule has 0 unspecified atom stereocenters. The molecule has 0 saturated carbocycles. The Bertz CT molecular complexity index is 584. The number of hydrogen-bond acceptors (Lipinski definition) is 4. The van der Waals surface area contributed by atoms with E-state index in [0.717, 1.165) is 25.3 Å². The van der Waals surface area contributed by atoms with Crippen LogP contribution in [-0.2, 0) is 16.4 Å². The van der Waals surface area contributed by atoms with Gasteiger partial charge >= 0.3 is 0 Å². The van der Waals surface area contributed by atoms with Crippen molar-refractivity contribution in [1.29, 1.82) is 0 Å². The highest BCUT2D eigenvalue weighted by Gasteiger charge is 2.27. The van der Waals surface area contributed by atoms with Gasteiger partial charge in [0.2, 0.25) is 10.0 Å². The van der Waals surface area contributed by atoms with Gasteiger partial charge in [0, 0.05) is 45.2 Å². The van der Waals surface area contributed by atoms with Crippen LogP contribution in [0.4, 0.5) is 0 Å². The Labute approximate surface area is 136 Å². The molecule has 0 radical (unpaired) electrons. The van der Waals surface area contributed by atoms with Gasteiger partial charge in [-0.25, -0.2) is 12.7 Å². The van der Waals surface area contributed by atoms with E-state index in [1.807, 2.05) is 7.05 Å². The minimum absolute atomic E-state index is 0.280. The quantitative estimate of drug-likeness (QED) is 0.613. The zero-order chi connectivity index (χ0) is 16.0. The maximum Gasteiger partial charge on any atom is 0.214 e. The highest BCUT2D eigenvalue weighted by molar-refractivity contribution is 7.89. The summed E-state index contributed by atoms with van der Waals surface area (Å²) in [4.78, 5) is 7.68. The van der Waals surface area contributed by atoms with Crippen LogP contribution < -0.4 is 5.32 Å². The van der Waals surface area contributed by atoms with E-state index >= 15 is 0 Å². The molecule has 1 fully saturated rings. The van der Waals surface area contributed by atoms with Crippen LogP contribution in [0.25, 0.3) is 0 Å². The topological polar surface area (TPSA) is 65.0 Å². The van der Waals surface area contributed by atoms with E-state index in [2.05, 4.69) is 32.7 Å². The Morgan fingerprint density at radius 2 is 2.36 bits per heavy atom. The van der Waals surface area contributed by atoms with E-state index < -0.39 is 10.0 Å². The molecule has 22 heavy (non-hydrogen) atoms. The second-order valence-electron chi connectivity index (χ2n) is 5.29. The third kappa shape index (κ3) is 4.69. The second kappa shape index (κ2) is 7.94. The molecule has 0 aromatic carbocycles. The molecule has 1 aromatic rings. The predicted octanol–water partition coefficient (Wildman–Crippen LogP) is 0.833. The largest absolute Gasteiger partial charge is 0.355 e. The third-order valence-corrected chi connectivity index (χ3v) is 6.59. The number of nitrogens with zero attached hydrogens (tertiary/aromatic N) is 3. The number of likely N-dealkylation sites (N-methyl/N-ethyl adjacent to an activating group) is 1. The van der Waals surface area contributed by atoms with Gasteiger partial charge in [0.05, 0.1) is 5.75 Å². The molecular weight excluding hydrogens is 320 g/mol. The van der Waals surface area contributed by atoms with Crippen molar-refractivity contribution in [3.8, 4) is 0 Å². The normalized spacial score (nSPS) is 18.5. The fourth-order valence-electron chi connectivity index (χ4n) is 2.46. The minimum Gasteiger partial charge on any atom is -0.355 e. The molecule has 0 atom stereocenters. The molecule has 8 heteroatoms. The Hall–Kier alpha value is -1.12. The van der Waals surface area contributed by atoms with Crippen molar-refractivity contribution >= 4 is 27.3 Å². The zero-order valence-corrected chi connectivity index (χ0v) is 14.8. The minimum atomic E-state index is -3.01. The molecule has 1 aliphatic heterocycles. The van der Waals surface area contributed by atoms with E-state index in [9.17, 15) is 8.42 Å². The van der Waals surface area contributed by atoms with Gasteiger partial charge < -0.3 is 10.2 Å². The van der Waals surface area contributed by atoms with Crippen LogP contribution in [0.15, 0.2) is 22.5 Å². The average molecular weight is 345 g/mol. The van der Waals surface area contributed by atoms with Gasteiger partial charge in [-0.15, -0.1) is 11.3 Å². The summed E-state index contributed by atoms with van der Waals surface area (Å²) in [6, 6.07) is 4.19. The Balaban J connectivity index is 1.74. The summed E-state index contributed by atoms with van der Waals surface area (Å²) in [5, 5.41) is 5.32. The first-order chi connectivity index (χ1) is 10.5. The lowest BCUT2D eigenvalue weighted by Gasteiger charge is -2.23. The molecule has 1 N–H and O–H groups in total. The van der Waals surface area contributed by atoms with Crippen LogP contribution >= 0.6 is 11.3 Å². The van der Waals surface area contributed by atoms with Crippen molar-refractivity contribution in [3.63, 3.8) is 0 Å². The average Bonchev–Trinajstić information content (AvgIpc) is 3.11. The van der Waals surface area contributed by atoms with Gasteiger partial charge in [-0.3, -0.25) is 4.99 Å². The molecule has 6 nitrogen and oxygen atoms in total. The third-order valence-electron chi connectivity index (χ3n) is 3.69. The number of rotatable bonds is 6. The predicted molar refractivity (Wildman–Crippen MR) is 92.0 cm³/mol. The Kier molecular flexibility index (Phi) is 6.22. The Morgan fingerprint density at radius 3 is 2.95 bits per heavy atom. The van der Waals surface area contributed by atoms with Crippen LogP contribution in [0, 0.1) is 0 Å². The van der Waals surface area contributed by atoms with Crippen LogP contribution in [0.1, 0.15) is 11.3 Å². The van der Waals surface area contributed by atoms with Crippen molar-refractivity contribution in [2.24, 2.45) is 4.99 Å². The monoisotopic (exact) mass is 344 g/mol. The molecule has 2 rings (SSSR count). The number of sulfonamides is 1. The summed E-state index contributed by atoms with van der Waals surface area (Å²) < 4.78 is 25.0. The molecule has 1 aliphatic rings. The van der Waals surface area contributed by atoms with E-state index in [4.69, 9.17) is 0 Å². The fourth-order valence-corrected chi connectivity index (χ4v) is 4.69. The van der Waals surface area contributed by atoms with Gasteiger partial charge in [-0.2, -0.15) is 0 Å². The summed E-state index contributed by atoms with van der Waals surface area (Å²) in [5.74, 6) is 1.08. The summed E-state index contributed by atoms with van der Waals surface area (Å²) in [6.07, 6.45) is 1.72. The van der Waals surface area contributed by atoms with Gasteiger partial charge in [0.25, 0.3) is 0 Å². The highest BCUT2D eigenvalue weighted by Crippen LogP contribution is 2.12. The van der Waals surface area contributed by atoms with Gasteiger partial charge in [0.1, 0.15) is 0 Å². The van der Waals surface area contributed by atoms with E-state index in [1.54, 1.807) is 22.7 Å². The molecular formula is C14H24N4O2S2. The molecule has 124 valence electrons. The van der Waals surface area contributed by atoms with E-state index in [1.165, 1.54) is 4.88 Å². The van der Waals surface area contributed by atoms with Crippen LogP contribution in [0.5, 0.6) is 0 Å². The molecule has 0 bridgehead atoms. The number of guanidine groups is 1. The summed E-state index contributed by atoms with van der Waals surface area (Å²) >= 11 is 1.76. The van der Waals surface area contributed by atoms with Crippen LogP contribution in [-0.4, -0.2) is 69.6 Å². The van der Waals surface area contributed by atoms with Crippen LogP contribution in [0.2, 0.25) is 0 Å². The molecule has 1 aromatic heterocycles. The first-order valence-electron chi connectivity index (χ1n) is 7.45. The van der Waals surface area contributed by atoms with Crippen molar-refractivity contribution < 1.29 is 8.42 Å². The first kappa shape index (κ1) is 17.2. The SMILES string of the molecule is CN=C(NCCN1CCCS1(=O)=O)N(C)CCc1cccs1. The van der Waals surface area contributed by atoms with Gasteiger partial charge in [0.15, 0.2) is 5.96 Å². The van der Waals surface area contributed by atoms with Crippen molar-refractivity contribution in [3.05, 3.63) is 22.4 Å². The maximum absolute atomic E-state index is 11.7. The number of hydrogen-bond donors (Lipinski definition) is 1. The lowest BCUT2D eigenvalue weighted by atomic mass is 10.3. The molecule has 0 aliphatic carbocycles. The van der Waals surface area contributed by atoms with Crippen LogP contribution in [0.3, 0.4) is 0 Å². The van der Waals surface area contributed by atoms with Gasteiger partial charge in [-0.05, 0) is 24.3 Å². The maximum atomic E-state index is 11.7. The van der Waals surface area contributed by atoms with Crippen molar-refractivity contribution in [2.45, 2.75) is 12.8 Å². The second-order valence-corrected chi connectivity index (χ2v) is 8.41. The van der Waals surface area contributed by atoms with E-state index in [0.29, 0.717) is 19.6 Å². The number of nitrogens with one attached hydrogen (secondary N) is 1. The van der Waals surface area contributed by atoms with Crippen molar-refractivity contribution in [1.82, 2.24) is 14.5 Å².